The Morgan fingerprint density at radius 1 is 1.23 bits per heavy atom. The number of rotatable bonds is 5. The summed E-state index contributed by atoms with van der Waals surface area (Å²) in [5, 5.41) is 3.61. The van der Waals surface area contributed by atoms with Crippen LogP contribution in [-0.2, 0) is 12.8 Å². The van der Waals surface area contributed by atoms with E-state index in [1.54, 1.807) is 6.20 Å². The molecule has 4 nitrogen and oxygen atoms in total. The summed E-state index contributed by atoms with van der Waals surface area (Å²) < 4.78 is 0.432. The second-order valence-corrected chi connectivity index (χ2v) is 7.40. The first-order valence-electron chi connectivity index (χ1n) is 7.90. The highest BCUT2D eigenvalue weighted by Gasteiger charge is 2.41. The number of fused-ring (bicyclic) bond motifs is 1. The van der Waals surface area contributed by atoms with Crippen LogP contribution in [0, 0.1) is 0 Å². The molecule has 2 heterocycles. The molecule has 0 unspecified atom stereocenters. The average molecular weight is 312 g/mol. The molecule has 1 N–H and O–H groups in total. The van der Waals surface area contributed by atoms with E-state index in [0.717, 1.165) is 36.7 Å². The van der Waals surface area contributed by atoms with Gasteiger partial charge in [-0.05, 0) is 50.5 Å². The van der Waals surface area contributed by atoms with Crippen LogP contribution in [0.3, 0.4) is 0 Å². The van der Waals surface area contributed by atoms with Gasteiger partial charge in [0.05, 0.1) is 0 Å². The summed E-state index contributed by atoms with van der Waals surface area (Å²) in [5.41, 5.74) is 3.37. The van der Waals surface area contributed by atoms with E-state index in [4.69, 9.17) is 9.97 Å². The second kappa shape index (κ2) is 5.54. The summed E-state index contributed by atoms with van der Waals surface area (Å²) in [7, 11) is 0. The fourth-order valence-electron chi connectivity index (χ4n) is 3.03. The zero-order valence-electron chi connectivity index (χ0n) is 12.8. The van der Waals surface area contributed by atoms with Crippen LogP contribution < -0.4 is 5.32 Å². The van der Waals surface area contributed by atoms with Crippen molar-refractivity contribution in [3.8, 4) is 11.5 Å². The summed E-state index contributed by atoms with van der Waals surface area (Å²) >= 11 is 1.97. The molecule has 0 aromatic carbocycles. The monoisotopic (exact) mass is 312 g/mol. The Hall–Kier alpha value is -1.62. The van der Waals surface area contributed by atoms with Gasteiger partial charge in [-0.3, -0.25) is 4.98 Å². The lowest BCUT2D eigenvalue weighted by Crippen LogP contribution is -2.19. The van der Waals surface area contributed by atoms with Crippen molar-refractivity contribution >= 4 is 17.6 Å². The number of nitrogens with one attached hydrogen (secondary N) is 1. The molecule has 0 spiro atoms. The second-order valence-electron chi connectivity index (χ2n) is 6.13. The Morgan fingerprint density at radius 3 is 2.86 bits per heavy atom. The fraction of sp³-hybridized carbons (Fsp3) is 0.471. The topological polar surface area (TPSA) is 50.7 Å². The van der Waals surface area contributed by atoms with Crippen LogP contribution in [0.25, 0.3) is 11.5 Å². The van der Waals surface area contributed by atoms with Crippen LogP contribution in [-0.4, -0.2) is 32.5 Å². The van der Waals surface area contributed by atoms with E-state index in [2.05, 4.69) is 16.6 Å². The van der Waals surface area contributed by atoms with Crippen molar-refractivity contribution in [2.45, 2.75) is 36.9 Å². The fourth-order valence-corrected chi connectivity index (χ4v) is 3.75. The number of aryl methyl sites for hydroxylation is 1. The van der Waals surface area contributed by atoms with Gasteiger partial charge in [-0.1, -0.05) is 6.07 Å². The van der Waals surface area contributed by atoms with Gasteiger partial charge in [-0.2, -0.15) is 11.8 Å². The molecule has 4 rings (SSSR count). The van der Waals surface area contributed by atoms with Crippen molar-refractivity contribution < 1.29 is 0 Å². The van der Waals surface area contributed by atoms with E-state index < -0.39 is 0 Å². The van der Waals surface area contributed by atoms with Crippen molar-refractivity contribution in [1.29, 1.82) is 0 Å². The van der Waals surface area contributed by atoms with Crippen LogP contribution in [0.15, 0.2) is 24.4 Å². The normalized spacial score (nSPS) is 18.0. The Labute approximate surface area is 135 Å². The van der Waals surface area contributed by atoms with E-state index in [1.165, 1.54) is 30.5 Å². The van der Waals surface area contributed by atoms with Gasteiger partial charge in [0.2, 0.25) is 0 Å². The number of hydrogen-bond donors (Lipinski definition) is 1. The van der Waals surface area contributed by atoms with Crippen molar-refractivity contribution in [2.75, 3.05) is 18.1 Å². The lowest BCUT2D eigenvalue weighted by molar-refractivity contribution is 0.898. The van der Waals surface area contributed by atoms with Gasteiger partial charge in [-0.25, -0.2) is 9.97 Å². The molecule has 0 atom stereocenters. The quantitative estimate of drug-likeness (QED) is 0.917. The van der Waals surface area contributed by atoms with Crippen molar-refractivity contribution in [3.05, 3.63) is 35.7 Å². The molecule has 2 aliphatic rings. The van der Waals surface area contributed by atoms with Crippen LogP contribution in [0.1, 0.15) is 30.5 Å². The van der Waals surface area contributed by atoms with Crippen LogP contribution in [0.2, 0.25) is 0 Å². The average Bonchev–Trinajstić information content (AvgIpc) is 3.20. The SMILES string of the molecule is CSC1(CNc2nc(-c3ccccn3)nc3c2CCC3)CC1. The highest BCUT2D eigenvalue weighted by molar-refractivity contribution is 8.00. The molecule has 5 heteroatoms. The van der Waals surface area contributed by atoms with Crippen molar-refractivity contribution in [2.24, 2.45) is 0 Å². The third-order valence-electron chi connectivity index (χ3n) is 4.65. The van der Waals surface area contributed by atoms with Crippen molar-refractivity contribution in [1.82, 2.24) is 15.0 Å². The molecule has 0 saturated heterocycles. The summed E-state index contributed by atoms with van der Waals surface area (Å²) in [4.78, 5) is 13.9. The zero-order chi connectivity index (χ0) is 15.0. The van der Waals surface area contributed by atoms with Gasteiger partial charge in [0.1, 0.15) is 11.5 Å². The zero-order valence-corrected chi connectivity index (χ0v) is 13.6. The predicted molar refractivity (Wildman–Crippen MR) is 91.3 cm³/mol. The van der Waals surface area contributed by atoms with E-state index >= 15 is 0 Å². The minimum absolute atomic E-state index is 0.432. The molecule has 114 valence electrons. The molecule has 2 aromatic rings. The van der Waals surface area contributed by atoms with Gasteiger partial charge in [0.25, 0.3) is 0 Å². The minimum atomic E-state index is 0.432. The Balaban J connectivity index is 1.66. The maximum Gasteiger partial charge on any atom is 0.180 e. The number of hydrogen-bond acceptors (Lipinski definition) is 5. The first-order chi connectivity index (χ1) is 10.8. The number of aromatic nitrogens is 3. The van der Waals surface area contributed by atoms with Gasteiger partial charge in [0, 0.05) is 28.7 Å². The summed E-state index contributed by atoms with van der Waals surface area (Å²) in [5.74, 6) is 1.78. The Bertz CT molecular complexity index is 683. The molecule has 0 radical (unpaired) electrons. The number of thioether (sulfide) groups is 1. The molecule has 0 aliphatic heterocycles. The molecule has 0 bridgehead atoms. The highest BCUT2D eigenvalue weighted by atomic mass is 32.2. The number of pyridine rings is 1. The number of anilines is 1. The van der Waals surface area contributed by atoms with E-state index in [0.29, 0.717) is 4.75 Å². The molecular weight excluding hydrogens is 292 g/mol. The van der Waals surface area contributed by atoms with Gasteiger partial charge in [-0.15, -0.1) is 0 Å². The van der Waals surface area contributed by atoms with E-state index in [-0.39, 0.29) is 0 Å². The smallest absolute Gasteiger partial charge is 0.180 e. The summed E-state index contributed by atoms with van der Waals surface area (Å²) in [6.07, 6.45) is 9.94. The van der Waals surface area contributed by atoms with Crippen LogP contribution >= 0.6 is 11.8 Å². The molecular formula is C17H20N4S. The summed E-state index contributed by atoms with van der Waals surface area (Å²) in [6, 6.07) is 5.88. The first kappa shape index (κ1) is 14.0. The van der Waals surface area contributed by atoms with Crippen LogP contribution in [0.4, 0.5) is 5.82 Å². The maximum absolute atomic E-state index is 4.79. The number of nitrogens with zero attached hydrogens (tertiary/aromatic N) is 3. The molecule has 2 aromatic heterocycles. The van der Waals surface area contributed by atoms with Crippen molar-refractivity contribution in [3.63, 3.8) is 0 Å². The lowest BCUT2D eigenvalue weighted by atomic mass is 10.2. The largest absolute Gasteiger partial charge is 0.368 e. The molecule has 0 amide bonds. The minimum Gasteiger partial charge on any atom is -0.368 e. The van der Waals surface area contributed by atoms with E-state index in [9.17, 15) is 0 Å². The Morgan fingerprint density at radius 2 is 2.14 bits per heavy atom. The molecule has 22 heavy (non-hydrogen) atoms. The van der Waals surface area contributed by atoms with Gasteiger partial charge < -0.3 is 5.32 Å². The van der Waals surface area contributed by atoms with E-state index in [1.807, 2.05) is 30.0 Å². The first-order valence-corrected chi connectivity index (χ1v) is 9.12. The third kappa shape index (κ3) is 2.58. The van der Waals surface area contributed by atoms with Gasteiger partial charge in [0.15, 0.2) is 5.82 Å². The summed E-state index contributed by atoms with van der Waals surface area (Å²) in [6.45, 7) is 0.999. The van der Waals surface area contributed by atoms with Gasteiger partial charge >= 0.3 is 0 Å². The standard InChI is InChI=1S/C17H20N4S/c1-22-17(8-9-17)11-19-15-12-5-4-7-13(12)20-16(21-15)14-6-2-3-10-18-14/h2-3,6,10H,4-5,7-9,11H2,1H3,(H,19,20,21). The molecule has 1 fully saturated rings. The maximum atomic E-state index is 4.79. The Kier molecular flexibility index (Phi) is 3.53. The molecule has 2 aliphatic carbocycles. The predicted octanol–water partition coefficient (Wildman–Crippen LogP) is 3.33. The van der Waals surface area contributed by atoms with Crippen LogP contribution in [0.5, 0.6) is 0 Å². The molecule has 1 saturated carbocycles. The lowest BCUT2D eigenvalue weighted by Gasteiger charge is -2.16. The highest BCUT2D eigenvalue weighted by Crippen LogP contribution is 2.47. The third-order valence-corrected chi connectivity index (χ3v) is 6.06.